The Labute approximate surface area is 128 Å². The fraction of sp³-hybridized carbons (Fsp3) is 0.0714. The monoisotopic (exact) mass is 357 g/mol. The average Bonchev–Trinajstić information content (AvgIpc) is 2.43. The van der Waals surface area contributed by atoms with E-state index in [0.717, 1.165) is 0 Å². The largest absolute Gasteiger partial charge is 0.494 e. The molecule has 0 saturated heterocycles. The standard InChI is InChI=1S/C14H10BrClFNO2/c1-20-13-7-9(3-5-12(13)17)18-14(19)8-2-4-10(15)11(16)6-8/h2-7H,1H3,(H,18,19). The third kappa shape index (κ3) is 3.29. The number of benzene rings is 2. The van der Waals surface area contributed by atoms with Gasteiger partial charge in [0, 0.05) is 21.8 Å². The molecule has 0 heterocycles. The first kappa shape index (κ1) is 14.8. The summed E-state index contributed by atoms with van der Waals surface area (Å²) in [6.45, 7) is 0. The van der Waals surface area contributed by atoms with Gasteiger partial charge in [0.1, 0.15) is 0 Å². The van der Waals surface area contributed by atoms with Crippen molar-refractivity contribution in [2.24, 2.45) is 0 Å². The number of amides is 1. The Balaban J connectivity index is 2.21. The van der Waals surface area contributed by atoms with Crippen LogP contribution in [-0.4, -0.2) is 13.0 Å². The second kappa shape index (κ2) is 6.24. The Hall–Kier alpha value is -1.59. The SMILES string of the molecule is COc1cc(NC(=O)c2ccc(Br)c(Cl)c2)ccc1F. The van der Waals surface area contributed by atoms with Crippen LogP contribution in [-0.2, 0) is 0 Å². The molecule has 3 nitrogen and oxygen atoms in total. The topological polar surface area (TPSA) is 38.3 Å². The number of hydrogen-bond donors (Lipinski definition) is 1. The quantitative estimate of drug-likeness (QED) is 0.877. The molecule has 0 aromatic heterocycles. The zero-order valence-electron chi connectivity index (χ0n) is 10.4. The van der Waals surface area contributed by atoms with E-state index in [1.165, 1.54) is 25.3 Å². The van der Waals surface area contributed by atoms with Crippen molar-refractivity contribution in [3.05, 3.63) is 57.3 Å². The summed E-state index contributed by atoms with van der Waals surface area (Å²) in [6.07, 6.45) is 0. The number of ether oxygens (including phenoxy) is 1. The second-order valence-electron chi connectivity index (χ2n) is 3.93. The van der Waals surface area contributed by atoms with E-state index < -0.39 is 5.82 Å². The van der Waals surface area contributed by atoms with Gasteiger partial charge in [-0.25, -0.2) is 4.39 Å². The van der Waals surface area contributed by atoms with E-state index in [4.69, 9.17) is 16.3 Å². The van der Waals surface area contributed by atoms with Gasteiger partial charge in [0.2, 0.25) is 0 Å². The molecule has 104 valence electrons. The third-order valence-electron chi connectivity index (χ3n) is 2.59. The maximum atomic E-state index is 13.3. The highest BCUT2D eigenvalue weighted by Crippen LogP contribution is 2.25. The highest BCUT2D eigenvalue weighted by Gasteiger charge is 2.10. The van der Waals surface area contributed by atoms with Crippen LogP contribution < -0.4 is 10.1 Å². The van der Waals surface area contributed by atoms with Crippen LogP contribution in [0.2, 0.25) is 5.02 Å². The van der Waals surface area contributed by atoms with Gasteiger partial charge in [-0.3, -0.25) is 4.79 Å². The van der Waals surface area contributed by atoms with E-state index in [2.05, 4.69) is 21.2 Å². The number of methoxy groups -OCH3 is 1. The van der Waals surface area contributed by atoms with Gasteiger partial charge in [0.15, 0.2) is 11.6 Å². The minimum absolute atomic E-state index is 0.0663. The van der Waals surface area contributed by atoms with E-state index in [0.29, 0.717) is 20.7 Å². The number of nitrogens with one attached hydrogen (secondary N) is 1. The lowest BCUT2D eigenvalue weighted by atomic mass is 10.2. The maximum absolute atomic E-state index is 13.3. The van der Waals surface area contributed by atoms with Crippen LogP contribution in [0.4, 0.5) is 10.1 Å². The van der Waals surface area contributed by atoms with Gasteiger partial charge in [0.05, 0.1) is 12.1 Å². The second-order valence-corrected chi connectivity index (χ2v) is 5.19. The number of carbonyl (C=O) groups excluding carboxylic acids is 1. The highest BCUT2D eigenvalue weighted by molar-refractivity contribution is 9.10. The molecule has 0 fully saturated rings. The van der Waals surface area contributed by atoms with E-state index in [9.17, 15) is 9.18 Å². The van der Waals surface area contributed by atoms with Crippen LogP contribution in [0.15, 0.2) is 40.9 Å². The summed E-state index contributed by atoms with van der Waals surface area (Å²) in [6, 6.07) is 8.95. The molecule has 1 N–H and O–H groups in total. The van der Waals surface area contributed by atoms with E-state index in [1.54, 1.807) is 18.2 Å². The zero-order chi connectivity index (χ0) is 14.7. The zero-order valence-corrected chi connectivity index (χ0v) is 12.8. The van der Waals surface area contributed by atoms with Crippen LogP contribution >= 0.6 is 27.5 Å². The summed E-state index contributed by atoms with van der Waals surface area (Å²) in [4.78, 5) is 12.0. The third-order valence-corrected chi connectivity index (χ3v) is 3.82. The van der Waals surface area contributed by atoms with Gasteiger partial charge in [-0.05, 0) is 46.3 Å². The fourth-order valence-corrected chi connectivity index (χ4v) is 2.01. The molecule has 0 atom stereocenters. The summed E-state index contributed by atoms with van der Waals surface area (Å²) in [5.74, 6) is -0.762. The molecule has 0 bridgehead atoms. The van der Waals surface area contributed by atoms with Crippen molar-refractivity contribution >= 4 is 39.1 Å². The number of carbonyl (C=O) groups is 1. The molecule has 0 aliphatic heterocycles. The summed E-state index contributed by atoms with van der Waals surface area (Å²) < 4.78 is 18.8. The van der Waals surface area contributed by atoms with Gasteiger partial charge in [-0.2, -0.15) is 0 Å². The van der Waals surface area contributed by atoms with Crippen molar-refractivity contribution in [3.8, 4) is 5.75 Å². The van der Waals surface area contributed by atoms with Crippen LogP contribution in [0.25, 0.3) is 0 Å². The average molecular weight is 359 g/mol. The van der Waals surface area contributed by atoms with E-state index >= 15 is 0 Å². The first-order chi connectivity index (χ1) is 9.51. The van der Waals surface area contributed by atoms with Crippen LogP contribution in [0, 0.1) is 5.82 Å². The maximum Gasteiger partial charge on any atom is 0.255 e. The summed E-state index contributed by atoms with van der Waals surface area (Å²) in [5, 5.41) is 3.09. The van der Waals surface area contributed by atoms with Crippen LogP contribution in [0.5, 0.6) is 5.75 Å². The molecular weight excluding hydrogens is 349 g/mol. The van der Waals surface area contributed by atoms with Gasteiger partial charge >= 0.3 is 0 Å². The van der Waals surface area contributed by atoms with Crippen molar-refractivity contribution in [1.29, 1.82) is 0 Å². The predicted octanol–water partition coefficient (Wildman–Crippen LogP) is 4.50. The lowest BCUT2D eigenvalue weighted by molar-refractivity contribution is 0.102. The molecule has 6 heteroatoms. The number of rotatable bonds is 3. The van der Waals surface area contributed by atoms with E-state index in [-0.39, 0.29) is 11.7 Å². The lowest BCUT2D eigenvalue weighted by Gasteiger charge is -2.08. The minimum Gasteiger partial charge on any atom is -0.494 e. The molecule has 0 aliphatic carbocycles. The van der Waals surface area contributed by atoms with Gasteiger partial charge < -0.3 is 10.1 Å². The predicted molar refractivity (Wildman–Crippen MR) is 80.1 cm³/mol. The van der Waals surface area contributed by atoms with Gasteiger partial charge in [-0.1, -0.05) is 11.6 Å². The first-order valence-electron chi connectivity index (χ1n) is 5.61. The number of anilines is 1. The summed E-state index contributed by atoms with van der Waals surface area (Å²) in [7, 11) is 1.36. The molecule has 20 heavy (non-hydrogen) atoms. The molecule has 1 amide bonds. The van der Waals surface area contributed by atoms with Gasteiger partial charge in [0.25, 0.3) is 5.91 Å². The Bertz CT molecular complexity index is 664. The normalized spacial score (nSPS) is 10.2. The molecule has 0 unspecified atom stereocenters. The lowest BCUT2D eigenvalue weighted by Crippen LogP contribution is -2.12. The van der Waals surface area contributed by atoms with Crippen molar-refractivity contribution in [3.63, 3.8) is 0 Å². The molecule has 0 aliphatic rings. The molecular formula is C14H10BrClFNO2. The summed E-state index contributed by atoms with van der Waals surface area (Å²) >= 11 is 9.18. The Morgan fingerprint density at radius 2 is 2.05 bits per heavy atom. The van der Waals surface area contributed by atoms with Crippen LogP contribution in [0.3, 0.4) is 0 Å². The minimum atomic E-state index is -0.489. The molecule has 0 saturated carbocycles. The highest BCUT2D eigenvalue weighted by atomic mass is 79.9. The Morgan fingerprint density at radius 3 is 2.70 bits per heavy atom. The molecule has 0 radical (unpaired) electrons. The Morgan fingerprint density at radius 1 is 1.30 bits per heavy atom. The van der Waals surface area contributed by atoms with E-state index in [1.807, 2.05) is 0 Å². The molecule has 0 spiro atoms. The first-order valence-corrected chi connectivity index (χ1v) is 6.78. The van der Waals surface area contributed by atoms with Crippen molar-refractivity contribution in [1.82, 2.24) is 0 Å². The Kier molecular flexibility index (Phi) is 4.62. The summed E-state index contributed by atoms with van der Waals surface area (Å²) in [5.41, 5.74) is 0.841. The molecule has 2 aromatic carbocycles. The van der Waals surface area contributed by atoms with Crippen molar-refractivity contribution in [2.45, 2.75) is 0 Å². The molecule has 2 rings (SSSR count). The number of halogens is 3. The van der Waals surface area contributed by atoms with Crippen LogP contribution in [0.1, 0.15) is 10.4 Å². The number of hydrogen-bond acceptors (Lipinski definition) is 2. The van der Waals surface area contributed by atoms with Crippen molar-refractivity contribution < 1.29 is 13.9 Å². The smallest absolute Gasteiger partial charge is 0.255 e. The molecule has 2 aromatic rings. The van der Waals surface area contributed by atoms with Crippen molar-refractivity contribution in [2.75, 3.05) is 12.4 Å². The van der Waals surface area contributed by atoms with Gasteiger partial charge in [-0.15, -0.1) is 0 Å². The fourth-order valence-electron chi connectivity index (χ4n) is 1.58.